The van der Waals surface area contributed by atoms with Crippen molar-refractivity contribution < 1.29 is 28.6 Å². The smallest absolute Gasteiger partial charge is 0.344 e. The molecule has 0 aliphatic rings. The van der Waals surface area contributed by atoms with E-state index in [1.54, 1.807) is 19.1 Å². The van der Waals surface area contributed by atoms with E-state index >= 15 is 0 Å². The van der Waals surface area contributed by atoms with E-state index in [2.05, 4.69) is 38.4 Å². The van der Waals surface area contributed by atoms with Crippen molar-refractivity contribution in [2.24, 2.45) is 5.10 Å². The Hall–Kier alpha value is -3.15. The second-order valence-corrected chi connectivity index (χ2v) is 8.68. The molecule has 0 saturated heterocycles. The highest BCUT2D eigenvalue weighted by Gasteiger charge is 2.14. The van der Waals surface area contributed by atoms with Crippen LogP contribution >= 0.6 is 22.6 Å². The predicted octanol–water partition coefficient (Wildman–Crippen LogP) is 4.12. The fraction of sp³-hybridized carbons (Fsp3) is 0.360. The van der Waals surface area contributed by atoms with Gasteiger partial charge < -0.3 is 19.5 Å². The van der Waals surface area contributed by atoms with Crippen LogP contribution in [0, 0.1) is 17.4 Å². The zero-order valence-electron chi connectivity index (χ0n) is 20.3. The number of benzene rings is 2. The normalized spacial score (nSPS) is 10.7. The molecule has 188 valence electrons. The van der Waals surface area contributed by atoms with E-state index in [4.69, 9.17) is 14.2 Å². The van der Waals surface area contributed by atoms with Gasteiger partial charge in [0, 0.05) is 18.5 Å². The SMILES string of the molecule is CCOC(=O)COc1c(I)cc(C=NNC(=O)CCC(=O)Nc2cc(C)ccc2C)cc1OCC. The van der Waals surface area contributed by atoms with Crippen LogP contribution in [-0.2, 0) is 19.1 Å². The van der Waals surface area contributed by atoms with E-state index in [0.29, 0.717) is 27.2 Å². The zero-order chi connectivity index (χ0) is 25.8. The molecule has 0 saturated carbocycles. The number of amides is 2. The highest BCUT2D eigenvalue weighted by atomic mass is 127. The van der Waals surface area contributed by atoms with Gasteiger partial charge in [-0.25, -0.2) is 10.2 Å². The first-order valence-electron chi connectivity index (χ1n) is 11.2. The van der Waals surface area contributed by atoms with E-state index in [9.17, 15) is 14.4 Å². The Morgan fingerprint density at radius 3 is 2.46 bits per heavy atom. The summed E-state index contributed by atoms with van der Waals surface area (Å²) in [4.78, 5) is 35.9. The summed E-state index contributed by atoms with van der Waals surface area (Å²) in [5, 5.41) is 6.80. The van der Waals surface area contributed by atoms with Crippen molar-refractivity contribution >= 4 is 52.3 Å². The summed E-state index contributed by atoms with van der Waals surface area (Å²) < 4.78 is 16.8. The fourth-order valence-corrected chi connectivity index (χ4v) is 3.73. The molecule has 2 aromatic carbocycles. The van der Waals surface area contributed by atoms with Gasteiger partial charge in [0.2, 0.25) is 11.8 Å². The van der Waals surface area contributed by atoms with Gasteiger partial charge in [0.25, 0.3) is 0 Å². The van der Waals surface area contributed by atoms with Crippen LogP contribution in [0.3, 0.4) is 0 Å². The van der Waals surface area contributed by atoms with E-state index < -0.39 is 5.97 Å². The molecule has 0 atom stereocenters. The maximum absolute atomic E-state index is 12.2. The third-order valence-electron chi connectivity index (χ3n) is 4.62. The largest absolute Gasteiger partial charge is 0.490 e. The lowest BCUT2D eigenvalue weighted by molar-refractivity contribution is -0.145. The first kappa shape index (κ1) is 28.1. The molecule has 0 aliphatic heterocycles. The second kappa shape index (κ2) is 14.3. The van der Waals surface area contributed by atoms with Gasteiger partial charge >= 0.3 is 5.97 Å². The lowest BCUT2D eigenvalue weighted by Gasteiger charge is -2.14. The van der Waals surface area contributed by atoms with Crippen LogP contribution in [0.4, 0.5) is 5.69 Å². The summed E-state index contributed by atoms with van der Waals surface area (Å²) in [5.41, 5.74) is 5.82. The molecular weight excluding hydrogens is 565 g/mol. The van der Waals surface area contributed by atoms with Gasteiger partial charge in [0.1, 0.15) is 0 Å². The molecule has 0 unspecified atom stereocenters. The number of nitrogens with zero attached hydrogens (tertiary/aromatic N) is 1. The van der Waals surface area contributed by atoms with Crippen LogP contribution in [-0.4, -0.2) is 43.8 Å². The zero-order valence-corrected chi connectivity index (χ0v) is 22.4. The number of hydrogen-bond donors (Lipinski definition) is 2. The predicted molar refractivity (Wildman–Crippen MR) is 142 cm³/mol. The van der Waals surface area contributed by atoms with E-state index in [1.807, 2.05) is 39.0 Å². The number of nitrogens with one attached hydrogen (secondary N) is 2. The molecule has 10 heteroatoms. The summed E-state index contributed by atoms with van der Waals surface area (Å²) in [7, 11) is 0. The lowest BCUT2D eigenvalue weighted by Crippen LogP contribution is -2.21. The van der Waals surface area contributed by atoms with Crippen LogP contribution in [0.15, 0.2) is 35.4 Å². The average Bonchev–Trinajstić information content (AvgIpc) is 2.80. The van der Waals surface area contributed by atoms with E-state index in [1.165, 1.54) is 6.21 Å². The Morgan fingerprint density at radius 2 is 1.74 bits per heavy atom. The lowest BCUT2D eigenvalue weighted by atomic mass is 10.1. The third kappa shape index (κ3) is 9.55. The van der Waals surface area contributed by atoms with Gasteiger partial charge in [-0.05, 0) is 85.2 Å². The molecule has 9 nitrogen and oxygen atoms in total. The number of anilines is 1. The minimum absolute atomic E-state index is 0.00357. The molecule has 0 spiro atoms. The van der Waals surface area contributed by atoms with Crippen LogP contribution in [0.25, 0.3) is 0 Å². The molecule has 35 heavy (non-hydrogen) atoms. The molecule has 2 aromatic rings. The van der Waals surface area contributed by atoms with Crippen molar-refractivity contribution in [3.05, 3.63) is 50.6 Å². The Morgan fingerprint density at radius 1 is 1.00 bits per heavy atom. The second-order valence-electron chi connectivity index (χ2n) is 7.52. The van der Waals surface area contributed by atoms with Crippen molar-refractivity contribution in [3.8, 4) is 11.5 Å². The number of aryl methyl sites for hydroxylation is 2. The Bertz CT molecular complexity index is 1090. The first-order chi connectivity index (χ1) is 16.7. The maximum atomic E-state index is 12.2. The topological polar surface area (TPSA) is 115 Å². The molecule has 2 N–H and O–H groups in total. The van der Waals surface area contributed by atoms with Crippen LogP contribution in [0.2, 0.25) is 0 Å². The molecule has 0 bridgehead atoms. The number of ether oxygens (including phenoxy) is 3. The highest BCUT2D eigenvalue weighted by molar-refractivity contribution is 14.1. The van der Waals surface area contributed by atoms with Gasteiger partial charge in [-0.1, -0.05) is 12.1 Å². The number of halogens is 1. The molecule has 0 fully saturated rings. The number of esters is 1. The summed E-state index contributed by atoms with van der Waals surface area (Å²) in [6, 6.07) is 9.27. The van der Waals surface area contributed by atoms with Gasteiger partial charge in [-0.3, -0.25) is 9.59 Å². The number of rotatable bonds is 12. The summed E-state index contributed by atoms with van der Waals surface area (Å²) in [5.74, 6) is -0.225. The van der Waals surface area contributed by atoms with Crippen LogP contribution < -0.4 is 20.2 Å². The maximum Gasteiger partial charge on any atom is 0.344 e. The van der Waals surface area contributed by atoms with Gasteiger partial charge in [0.15, 0.2) is 18.1 Å². The van der Waals surface area contributed by atoms with Crippen LogP contribution in [0.1, 0.15) is 43.4 Å². The minimum atomic E-state index is -0.471. The van der Waals surface area contributed by atoms with Crippen molar-refractivity contribution in [1.29, 1.82) is 0 Å². The molecule has 2 amide bonds. The van der Waals surface area contributed by atoms with Gasteiger partial charge in [-0.15, -0.1) is 0 Å². The number of carbonyl (C=O) groups excluding carboxylic acids is 3. The summed E-state index contributed by atoms with van der Waals surface area (Å²) >= 11 is 2.07. The third-order valence-corrected chi connectivity index (χ3v) is 5.42. The highest BCUT2D eigenvalue weighted by Crippen LogP contribution is 2.34. The fourth-order valence-electron chi connectivity index (χ4n) is 2.94. The number of hydrazone groups is 1. The van der Waals surface area contributed by atoms with Crippen molar-refractivity contribution in [3.63, 3.8) is 0 Å². The Labute approximate surface area is 218 Å². The summed E-state index contributed by atoms with van der Waals surface area (Å²) in [6.45, 7) is 7.85. The van der Waals surface area contributed by atoms with E-state index in [-0.39, 0.29) is 37.9 Å². The van der Waals surface area contributed by atoms with Crippen molar-refractivity contribution in [2.75, 3.05) is 25.1 Å². The van der Waals surface area contributed by atoms with Crippen LogP contribution in [0.5, 0.6) is 11.5 Å². The molecule has 0 heterocycles. The molecule has 0 radical (unpaired) electrons. The molecule has 0 aliphatic carbocycles. The van der Waals surface area contributed by atoms with Gasteiger partial charge in [0.05, 0.1) is 23.0 Å². The minimum Gasteiger partial charge on any atom is -0.490 e. The number of hydrogen-bond acceptors (Lipinski definition) is 7. The van der Waals surface area contributed by atoms with Gasteiger partial charge in [-0.2, -0.15) is 5.10 Å². The average molecular weight is 595 g/mol. The molecule has 2 rings (SSSR count). The molecular formula is C25H30IN3O6. The Balaban J connectivity index is 1.91. The quantitative estimate of drug-likeness (QED) is 0.165. The molecule has 0 aromatic heterocycles. The van der Waals surface area contributed by atoms with E-state index in [0.717, 1.165) is 16.8 Å². The Kier molecular flexibility index (Phi) is 11.5. The summed E-state index contributed by atoms with van der Waals surface area (Å²) in [6.07, 6.45) is 1.50. The van der Waals surface area contributed by atoms with Crippen molar-refractivity contribution in [2.45, 2.75) is 40.5 Å². The first-order valence-corrected chi connectivity index (χ1v) is 12.2. The van der Waals surface area contributed by atoms with Crippen molar-refractivity contribution in [1.82, 2.24) is 5.43 Å². The number of carbonyl (C=O) groups is 3. The monoisotopic (exact) mass is 595 g/mol. The standard InChI is InChI=1S/C25H30IN3O6/c1-5-33-21-13-18(12-19(26)25(21)35-15-24(32)34-6-2)14-27-29-23(31)10-9-22(30)28-20-11-16(3)7-8-17(20)4/h7-8,11-14H,5-6,9-10,15H2,1-4H3,(H,28,30)(H,29,31).